The molecule has 0 spiro atoms. The summed E-state index contributed by atoms with van der Waals surface area (Å²) in [6, 6.07) is 5.45. The van der Waals surface area contributed by atoms with Crippen LogP contribution in [0, 0.1) is 0 Å². The minimum Gasteiger partial charge on any atom is -0.273 e. The number of H-pyrrole nitrogens is 1. The van der Waals surface area contributed by atoms with Gasteiger partial charge >= 0.3 is 6.18 Å². The molecule has 0 atom stereocenters. The second-order valence-electron chi connectivity index (χ2n) is 6.13. The van der Waals surface area contributed by atoms with E-state index in [-0.39, 0.29) is 23.5 Å². The Bertz CT molecular complexity index is 1030. The number of rotatable bonds is 3. The van der Waals surface area contributed by atoms with Gasteiger partial charge in [-0.25, -0.2) is 18.4 Å². The molecule has 0 saturated carbocycles. The molecule has 0 unspecified atom stereocenters. The van der Waals surface area contributed by atoms with Gasteiger partial charge in [0.15, 0.2) is 15.5 Å². The van der Waals surface area contributed by atoms with Crippen molar-refractivity contribution < 1.29 is 31.2 Å². The van der Waals surface area contributed by atoms with E-state index in [1.54, 1.807) is 5.10 Å². The fraction of sp³-hybridized carbons (Fsp3) is 0.312. The van der Waals surface area contributed by atoms with Gasteiger partial charge in [-0.05, 0) is 18.6 Å². The van der Waals surface area contributed by atoms with Crippen LogP contribution >= 0.6 is 0 Å². The molecule has 1 saturated heterocycles. The maximum Gasteiger partial charge on any atom is 0.433 e. The molecule has 1 N–H and O–H groups in total. The van der Waals surface area contributed by atoms with E-state index in [4.69, 9.17) is 0 Å². The lowest BCUT2D eigenvalue weighted by molar-refractivity contribution is -0.141. The summed E-state index contributed by atoms with van der Waals surface area (Å²) in [4.78, 5) is 25.3. The standard InChI is InChI=1S/C16H15F3N4O4S/c1-28(26,27)12-6-3-2-5-10(12)14(24)22-7-4-8-23(22)15(25)11-9-20-21-13(11)16(17,18)19/h2-3,5-6,9H,4,7-8H2,1H3,(H,20,21). The van der Waals surface area contributed by atoms with Gasteiger partial charge in [-0.3, -0.25) is 14.7 Å². The Morgan fingerprint density at radius 1 is 1.07 bits per heavy atom. The molecular formula is C16H15F3N4O4S. The van der Waals surface area contributed by atoms with Crippen molar-refractivity contribution in [3.05, 3.63) is 47.3 Å². The lowest BCUT2D eigenvalue weighted by atomic mass is 10.2. The fourth-order valence-corrected chi connectivity index (χ4v) is 3.82. The summed E-state index contributed by atoms with van der Waals surface area (Å²) in [6.07, 6.45) is -2.81. The molecule has 12 heteroatoms. The van der Waals surface area contributed by atoms with Crippen LogP contribution in [0.4, 0.5) is 13.2 Å². The number of sulfone groups is 1. The van der Waals surface area contributed by atoms with E-state index in [2.05, 4.69) is 5.10 Å². The van der Waals surface area contributed by atoms with E-state index < -0.39 is 39.1 Å². The van der Waals surface area contributed by atoms with Gasteiger partial charge in [-0.1, -0.05) is 12.1 Å². The number of hydrazine groups is 1. The van der Waals surface area contributed by atoms with Crippen LogP contribution in [0.25, 0.3) is 0 Å². The zero-order valence-electron chi connectivity index (χ0n) is 14.5. The van der Waals surface area contributed by atoms with E-state index >= 15 is 0 Å². The maximum absolute atomic E-state index is 13.0. The molecule has 3 rings (SSSR count). The van der Waals surface area contributed by atoms with Crippen LogP contribution < -0.4 is 0 Å². The molecule has 150 valence electrons. The third-order valence-corrected chi connectivity index (χ3v) is 5.33. The number of aromatic amines is 1. The first-order valence-electron chi connectivity index (χ1n) is 8.05. The van der Waals surface area contributed by atoms with Gasteiger partial charge in [-0.2, -0.15) is 18.3 Å². The minimum atomic E-state index is -4.82. The zero-order chi connectivity index (χ0) is 20.7. The quantitative estimate of drug-likeness (QED) is 0.821. The van der Waals surface area contributed by atoms with Crippen LogP contribution in [-0.2, 0) is 16.0 Å². The van der Waals surface area contributed by atoms with Gasteiger partial charge < -0.3 is 0 Å². The highest BCUT2D eigenvalue weighted by molar-refractivity contribution is 7.90. The van der Waals surface area contributed by atoms with Crippen LogP contribution in [0.5, 0.6) is 0 Å². The van der Waals surface area contributed by atoms with Crippen molar-refractivity contribution >= 4 is 21.7 Å². The van der Waals surface area contributed by atoms with Crippen LogP contribution in [0.3, 0.4) is 0 Å². The highest BCUT2D eigenvalue weighted by Gasteiger charge is 2.41. The number of nitrogens with one attached hydrogen (secondary N) is 1. The minimum absolute atomic E-state index is 0.00803. The Morgan fingerprint density at radius 3 is 2.21 bits per heavy atom. The molecule has 1 aliphatic rings. The van der Waals surface area contributed by atoms with Crippen molar-refractivity contribution in [3.63, 3.8) is 0 Å². The van der Waals surface area contributed by atoms with Gasteiger partial charge in [0.25, 0.3) is 11.8 Å². The molecule has 2 amide bonds. The molecule has 8 nitrogen and oxygen atoms in total. The number of carbonyl (C=O) groups excluding carboxylic acids is 2. The number of halogens is 3. The highest BCUT2D eigenvalue weighted by atomic mass is 32.2. The average molecular weight is 416 g/mol. The smallest absolute Gasteiger partial charge is 0.273 e. The second-order valence-corrected chi connectivity index (χ2v) is 8.12. The third kappa shape index (κ3) is 3.59. The molecule has 1 aliphatic heterocycles. The van der Waals surface area contributed by atoms with Gasteiger partial charge in [0.1, 0.15) is 0 Å². The molecule has 0 radical (unpaired) electrons. The van der Waals surface area contributed by atoms with Crippen LogP contribution in [-0.4, -0.2) is 59.8 Å². The molecule has 2 aromatic rings. The summed E-state index contributed by atoms with van der Waals surface area (Å²) in [6.45, 7) is 0.0654. The largest absolute Gasteiger partial charge is 0.433 e. The first kappa shape index (κ1) is 19.9. The molecular weight excluding hydrogens is 401 g/mol. The Hall–Kier alpha value is -2.89. The number of nitrogens with zero attached hydrogens (tertiary/aromatic N) is 3. The van der Waals surface area contributed by atoms with Crippen LogP contribution in [0.1, 0.15) is 32.8 Å². The number of hydrogen-bond donors (Lipinski definition) is 1. The van der Waals surface area contributed by atoms with Crippen molar-refractivity contribution in [1.29, 1.82) is 0 Å². The Morgan fingerprint density at radius 2 is 1.64 bits per heavy atom. The number of amides is 2. The Kier molecular flexibility index (Phi) is 4.91. The molecule has 0 bridgehead atoms. The van der Waals surface area contributed by atoms with Crippen LogP contribution in [0.15, 0.2) is 35.4 Å². The summed E-state index contributed by atoms with van der Waals surface area (Å²) < 4.78 is 63.0. The van der Waals surface area contributed by atoms with E-state index in [1.807, 2.05) is 0 Å². The molecule has 28 heavy (non-hydrogen) atoms. The SMILES string of the molecule is CS(=O)(=O)c1ccccc1C(=O)N1CCCN1C(=O)c1cn[nH]c1C(F)(F)F. The van der Waals surface area contributed by atoms with E-state index in [9.17, 15) is 31.2 Å². The number of alkyl halides is 3. The zero-order valence-corrected chi connectivity index (χ0v) is 15.3. The second kappa shape index (κ2) is 6.93. The maximum atomic E-state index is 13.0. The predicted octanol–water partition coefficient (Wildman–Crippen LogP) is 1.74. The summed E-state index contributed by atoms with van der Waals surface area (Å²) in [5, 5.41) is 6.86. The van der Waals surface area contributed by atoms with Gasteiger partial charge in [0.05, 0.1) is 22.2 Å². The van der Waals surface area contributed by atoms with Crippen molar-refractivity contribution in [1.82, 2.24) is 20.2 Å². The Labute approximate surface area is 157 Å². The summed E-state index contributed by atoms with van der Waals surface area (Å²) in [7, 11) is -3.73. The number of hydrogen-bond acceptors (Lipinski definition) is 5. The molecule has 0 aliphatic carbocycles. The topological polar surface area (TPSA) is 103 Å². The lowest BCUT2D eigenvalue weighted by Gasteiger charge is -2.28. The first-order chi connectivity index (χ1) is 13.0. The predicted molar refractivity (Wildman–Crippen MR) is 89.8 cm³/mol. The molecule has 2 heterocycles. The normalized spacial score (nSPS) is 15.1. The summed E-state index contributed by atoms with van der Waals surface area (Å²) >= 11 is 0. The number of benzene rings is 1. The molecule has 1 fully saturated rings. The fourth-order valence-electron chi connectivity index (χ4n) is 2.94. The molecule has 1 aromatic heterocycles. The first-order valence-corrected chi connectivity index (χ1v) is 9.94. The van der Waals surface area contributed by atoms with Crippen molar-refractivity contribution in [2.45, 2.75) is 17.5 Å². The van der Waals surface area contributed by atoms with Gasteiger partial charge in [-0.15, -0.1) is 0 Å². The van der Waals surface area contributed by atoms with Crippen molar-refractivity contribution in [3.8, 4) is 0 Å². The van der Waals surface area contributed by atoms with Crippen molar-refractivity contribution in [2.24, 2.45) is 0 Å². The Balaban J connectivity index is 1.96. The van der Waals surface area contributed by atoms with Gasteiger partial charge in [0.2, 0.25) is 0 Å². The number of aromatic nitrogens is 2. The van der Waals surface area contributed by atoms with E-state index in [0.717, 1.165) is 22.5 Å². The van der Waals surface area contributed by atoms with Gasteiger partial charge in [0, 0.05) is 19.3 Å². The van der Waals surface area contributed by atoms with E-state index in [1.165, 1.54) is 24.3 Å². The van der Waals surface area contributed by atoms with Crippen LogP contribution in [0.2, 0.25) is 0 Å². The molecule has 1 aromatic carbocycles. The third-order valence-electron chi connectivity index (χ3n) is 4.17. The highest BCUT2D eigenvalue weighted by Crippen LogP contribution is 2.31. The summed E-state index contributed by atoms with van der Waals surface area (Å²) in [5.41, 5.74) is -2.19. The van der Waals surface area contributed by atoms with E-state index in [0.29, 0.717) is 6.42 Å². The number of carbonyl (C=O) groups is 2. The summed E-state index contributed by atoms with van der Waals surface area (Å²) in [5.74, 6) is -1.84. The average Bonchev–Trinajstić information content (AvgIpc) is 3.28. The lowest BCUT2D eigenvalue weighted by Crippen LogP contribution is -2.45. The van der Waals surface area contributed by atoms with Crippen molar-refractivity contribution in [2.75, 3.05) is 19.3 Å². The monoisotopic (exact) mass is 416 g/mol.